The number of nitrogens with two attached hydrogens (primary N) is 1. The van der Waals surface area contributed by atoms with Crippen molar-refractivity contribution in [2.75, 3.05) is 20.3 Å². The van der Waals surface area contributed by atoms with Gasteiger partial charge in [0.1, 0.15) is 5.60 Å². The molecule has 6 fully saturated rings. The van der Waals surface area contributed by atoms with Crippen molar-refractivity contribution in [3.05, 3.63) is 0 Å². The summed E-state index contributed by atoms with van der Waals surface area (Å²) in [6.45, 7) is 8.25. The van der Waals surface area contributed by atoms with E-state index in [-0.39, 0.29) is 46.8 Å². The Labute approximate surface area is 241 Å². The lowest BCUT2D eigenvalue weighted by Crippen LogP contribution is -2.61. The van der Waals surface area contributed by atoms with Crippen LogP contribution in [0.15, 0.2) is 0 Å². The quantitative estimate of drug-likeness (QED) is 0.379. The van der Waals surface area contributed by atoms with Gasteiger partial charge in [-0.3, -0.25) is 9.59 Å². The molecule has 0 spiro atoms. The van der Waals surface area contributed by atoms with E-state index in [4.69, 9.17) is 19.7 Å². The second-order valence-electron chi connectivity index (χ2n) is 13.3. The molecule has 0 saturated heterocycles. The van der Waals surface area contributed by atoms with Crippen LogP contribution in [-0.2, 0) is 33.8 Å². The monoisotopic (exact) mass is 587 g/mol. The van der Waals surface area contributed by atoms with E-state index in [0.29, 0.717) is 30.3 Å². The number of ether oxygens (including phenoxy) is 3. The van der Waals surface area contributed by atoms with E-state index < -0.39 is 10.0 Å². The number of hydrogen-bond donors (Lipinski definition) is 2. The average Bonchev–Trinajstić information content (AvgIpc) is 3.54. The van der Waals surface area contributed by atoms with Crippen LogP contribution < -0.4 is 5.14 Å². The molecular weight excluding hydrogens is 534 g/mol. The fourth-order valence-electron chi connectivity index (χ4n) is 8.08. The minimum Gasteiger partial charge on any atom is -0.469 e. The van der Waals surface area contributed by atoms with Crippen LogP contribution in [0.2, 0.25) is 0 Å². The normalized spacial score (nSPS) is 36.5. The number of primary sulfonamides is 1. The summed E-state index contributed by atoms with van der Waals surface area (Å²) in [5.74, 6) is 2.15. The number of sulfonamides is 1. The summed E-state index contributed by atoms with van der Waals surface area (Å²) in [6.07, 6.45) is 12.2. The van der Waals surface area contributed by atoms with E-state index in [0.717, 1.165) is 64.2 Å². The number of rotatable bonds is 9. The number of fused-ring (bicyclic) bond motifs is 2. The van der Waals surface area contributed by atoms with Gasteiger partial charge in [-0.1, -0.05) is 34.1 Å². The smallest absolute Gasteiger partial charge is 0.309 e. The fourth-order valence-corrected chi connectivity index (χ4v) is 9.41. The second kappa shape index (κ2) is 13.8. The summed E-state index contributed by atoms with van der Waals surface area (Å²) in [5, 5.41) is 14.0. The molecule has 0 aromatic carbocycles. The number of aliphatic hydroxyl groups excluding tert-OH is 1. The number of esters is 2. The van der Waals surface area contributed by atoms with E-state index in [9.17, 15) is 18.0 Å². The molecule has 7 unspecified atom stereocenters. The molecule has 6 aliphatic carbocycles. The molecule has 0 heterocycles. The van der Waals surface area contributed by atoms with Crippen LogP contribution in [0.25, 0.3) is 0 Å². The van der Waals surface area contributed by atoms with E-state index >= 15 is 0 Å². The number of hydrogen-bond acceptors (Lipinski definition) is 8. The minimum atomic E-state index is -3.23. The Hall–Kier alpha value is -1.23. The average molecular weight is 588 g/mol. The Morgan fingerprint density at radius 3 is 1.88 bits per heavy atom. The summed E-state index contributed by atoms with van der Waals surface area (Å²) in [6, 6.07) is 0. The van der Waals surface area contributed by atoms with Crippen LogP contribution >= 0.6 is 0 Å². The predicted molar refractivity (Wildman–Crippen MR) is 153 cm³/mol. The fraction of sp³-hybridized carbons (Fsp3) is 0.933. The van der Waals surface area contributed by atoms with Crippen molar-refractivity contribution >= 4 is 22.0 Å². The van der Waals surface area contributed by atoms with Gasteiger partial charge in [-0.05, 0) is 87.9 Å². The first-order chi connectivity index (χ1) is 18.8. The van der Waals surface area contributed by atoms with Gasteiger partial charge in [-0.15, -0.1) is 0 Å². The summed E-state index contributed by atoms with van der Waals surface area (Å²) in [7, 11) is -1.82. The van der Waals surface area contributed by atoms with E-state index in [2.05, 4.69) is 4.74 Å². The van der Waals surface area contributed by atoms with Gasteiger partial charge in [0.05, 0.1) is 43.0 Å². The molecule has 0 aromatic rings. The van der Waals surface area contributed by atoms with Crippen molar-refractivity contribution in [2.24, 2.45) is 40.6 Å². The molecule has 40 heavy (non-hydrogen) atoms. The zero-order valence-electron chi connectivity index (χ0n) is 25.2. The Morgan fingerprint density at radius 2 is 1.48 bits per heavy atom. The van der Waals surface area contributed by atoms with Crippen molar-refractivity contribution in [3.8, 4) is 0 Å². The van der Waals surface area contributed by atoms with Gasteiger partial charge in [0, 0.05) is 6.42 Å². The van der Waals surface area contributed by atoms with Crippen LogP contribution in [0.3, 0.4) is 0 Å². The third kappa shape index (κ3) is 8.19. The lowest BCUT2D eigenvalue weighted by Gasteiger charge is -2.60. The largest absolute Gasteiger partial charge is 0.469 e. The number of carbonyl (C=O) groups is 2. The van der Waals surface area contributed by atoms with Crippen molar-refractivity contribution < 1.29 is 37.3 Å². The lowest BCUT2D eigenvalue weighted by atomic mass is 9.52. The van der Waals surface area contributed by atoms with Gasteiger partial charge >= 0.3 is 11.9 Å². The maximum atomic E-state index is 12.3. The van der Waals surface area contributed by atoms with E-state index in [1.54, 1.807) is 0 Å². The van der Waals surface area contributed by atoms with Gasteiger partial charge < -0.3 is 19.3 Å². The minimum absolute atomic E-state index is 0.0210. The van der Waals surface area contributed by atoms with E-state index in [1.165, 1.54) is 20.0 Å². The topological polar surface area (TPSA) is 142 Å². The zero-order valence-corrected chi connectivity index (χ0v) is 26.0. The molecule has 6 rings (SSSR count). The summed E-state index contributed by atoms with van der Waals surface area (Å²) < 4.78 is 38.5. The highest BCUT2D eigenvalue weighted by atomic mass is 32.2. The van der Waals surface area contributed by atoms with Crippen molar-refractivity contribution in [1.29, 1.82) is 0 Å². The lowest BCUT2D eigenvalue weighted by molar-refractivity contribution is -0.237. The first-order valence-electron chi connectivity index (χ1n) is 15.4. The van der Waals surface area contributed by atoms with Gasteiger partial charge in [0.2, 0.25) is 10.0 Å². The second-order valence-corrected chi connectivity index (χ2v) is 15.0. The number of aliphatic hydroxyl groups is 1. The summed E-state index contributed by atoms with van der Waals surface area (Å²) in [4.78, 5) is 22.8. The van der Waals surface area contributed by atoms with Gasteiger partial charge in [0.15, 0.2) is 0 Å². The third-order valence-electron chi connectivity index (χ3n) is 10.1. The zero-order chi connectivity index (χ0) is 29.7. The summed E-state index contributed by atoms with van der Waals surface area (Å²) in [5.41, 5.74) is -0.442. The van der Waals surface area contributed by atoms with Gasteiger partial charge in [-0.25, -0.2) is 13.6 Å². The van der Waals surface area contributed by atoms with Crippen LogP contribution in [0, 0.1) is 35.5 Å². The van der Waals surface area contributed by atoms with Crippen molar-refractivity contribution in [3.63, 3.8) is 0 Å². The van der Waals surface area contributed by atoms with Gasteiger partial charge in [-0.2, -0.15) is 0 Å². The maximum absolute atomic E-state index is 12.3. The van der Waals surface area contributed by atoms with Crippen LogP contribution in [0.1, 0.15) is 105 Å². The molecule has 0 aliphatic heterocycles. The molecule has 10 heteroatoms. The van der Waals surface area contributed by atoms with Crippen LogP contribution in [-0.4, -0.2) is 62.2 Å². The molecule has 232 valence electrons. The SMILES string of the molecule is CCC(C)C(=O)OC.CCC(C)C(=O)OC12CC3CC(CC(OCCO)(C3)C1)C2.NS(=O)(=O)C1CC2CCC1C2. The molecule has 6 aliphatic rings. The third-order valence-corrected chi connectivity index (χ3v) is 11.5. The molecule has 6 saturated carbocycles. The highest BCUT2D eigenvalue weighted by molar-refractivity contribution is 7.89. The number of carbonyl (C=O) groups excluding carboxylic acids is 2. The molecule has 0 radical (unpaired) electrons. The Morgan fingerprint density at radius 1 is 0.900 bits per heavy atom. The highest BCUT2D eigenvalue weighted by Gasteiger charge is 2.60. The molecular formula is C30H53NO8S. The molecule has 9 nitrogen and oxygen atoms in total. The molecule has 3 N–H and O–H groups in total. The number of methoxy groups -OCH3 is 1. The molecule has 0 amide bonds. The van der Waals surface area contributed by atoms with Crippen LogP contribution in [0.5, 0.6) is 0 Å². The Kier molecular flexibility index (Phi) is 11.5. The van der Waals surface area contributed by atoms with Crippen molar-refractivity contribution in [1.82, 2.24) is 0 Å². The van der Waals surface area contributed by atoms with E-state index in [1.807, 2.05) is 27.7 Å². The first-order valence-corrected chi connectivity index (χ1v) is 17.0. The van der Waals surface area contributed by atoms with Gasteiger partial charge in [0.25, 0.3) is 0 Å². The molecule has 7 atom stereocenters. The molecule has 6 bridgehead atoms. The Bertz CT molecular complexity index is 955. The maximum Gasteiger partial charge on any atom is 0.309 e. The highest BCUT2D eigenvalue weighted by Crippen LogP contribution is 2.60. The standard InChI is InChI=1S/C17H28O4.C7H13NO2S.C6H12O2/c1-3-12(2)15(19)21-17-9-13-6-14(10-17)8-16(7-13,11-17)20-5-4-18;8-11(9,10)7-4-5-1-2-6(7)3-5;1-4-5(2)6(7)8-3/h12-14,18H,3-11H2,1-2H3;5-7H,1-4H2,(H2,8,9,10);5H,4H2,1-3H3. The predicted octanol–water partition coefficient (Wildman–Crippen LogP) is 4.35. The van der Waals surface area contributed by atoms with Crippen molar-refractivity contribution in [2.45, 2.75) is 121 Å². The first kappa shape index (κ1) is 33.3. The molecule has 0 aromatic heterocycles. The van der Waals surface area contributed by atoms with Crippen LogP contribution in [0.4, 0.5) is 0 Å². The Balaban J connectivity index is 0.000000194. The summed E-state index contributed by atoms with van der Waals surface area (Å²) >= 11 is 0.